The number of hydrogen-bond acceptors (Lipinski definition) is 6. The van der Waals surface area contributed by atoms with E-state index in [1.165, 1.54) is 16.2 Å². The van der Waals surface area contributed by atoms with Crippen LogP contribution in [0.5, 0.6) is 0 Å². The molecule has 2 N–H and O–H groups in total. The molecule has 0 radical (unpaired) electrons. The van der Waals surface area contributed by atoms with Crippen LogP contribution >= 0.6 is 11.3 Å². The van der Waals surface area contributed by atoms with Crippen molar-refractivity contribution in [1.29, 1.82) is 0 Å². The first-order valence-electron chi connectivity index (χ1n) is 9.98. The van der Waals surface area contributed by atoms with E-state index >= 15 is 0 Å². The minimum absolute atomic E-state index is 0.122. The number of urea groups is 1. The number of aryl methyl sites for hydroxylation is 1. The summed E-state index contributed by atoms with van der Waals surface area (Å²) in [6.07, 6.45) is 4.55. The molecule has 1 saturated carbocycles. The minimum atomic E-state index is -0.772. The fourth-order valence-electron chi connectivity index (χ4n) is 4.91. The molecule has 5 atom stereocenters. The number of fused-ring (bicyclic) bond motifs is 5. The van der Waals surface area contributed by atoms with Crippen molar-refractivity contribution >= 4 is 34.3 Å². The van der Waals surface area contributed by atoms with Crippen molar-refractivity contribution in [1.82, 2.24) is 20.4 Å². The first-order chi connectivity index (χ1) is 14.5. The van der Waals surface area contributed by atoms with E-state index < -0.39 is 12.2 Å². The molecule has 2 aromatic rings. The van der Waals surface area contributed by atoms with E-state index in [4.69, 9.17) is 0 Å². The molecule has 1 aliphatic heterocycles. The second-order valence-corrected chi connectivity index (χ2v) is 9.16. The number of carbonyl (C=O) groups excluding carboxylic acids is 3. The van der Waals surface area contributed by atoms with Gasteiger partial charge >= 0.3 is 6.03 Å². The van der Waals surface area contributed by atoms with Gasteiger partial charge in [0, 0.05) is 6.42 Å². The van der Waals surface area contributed by atoms with Crippen LogP contribution in [-0.2, 0) is 16.0 Å². The maximum Gasteiger partial charge on any atom is 0.322 e. The van der Waals surface area contributed by atoms with E-state index in [-0.39, 0.29) is 35.5 Å². The Morgan fingerprint density at radius 1 is 1.13 bits per heavy atom. The van der Waals surface area contributed by atoms with Gasteiger partial charge in [-0.15, -0.1) is 10.2 Å². The average Bonchev–Trinajstić information content (AvgIpc) is 3.48. The van der Waals surface area contributed by atoms with Gasteiger partial charge < -0.3 is 5.32 Å². The summed E-state index contributed by atoms with van der Waals surface area (Å²) in [6.45, 7) is 1.79. The SMILES string of the molecule is Cc1nnc(NC(=O)NC(Cc2ccccc2)N2C(=O)C3C4C=CC(C4)C3C2=O)s1. The van der Waals surface area contributed by atoms with Gasteiger partial charge in [0.1, 0.15) is 11.2 Å². The van der Waals surface area contributed by atoms with E-state index in [0.717, 1.165) is 17.0 Å². The van der Waals surface area contributed by atoms with Crippen LogP contribution in [0, 0.1) is 30.6 Å². The maximum atomic E-state index is 13.2. The van der Waals surface area contributed by atoms with Gasteiger partial charge in [0.25, 0.3) is 0 Å². The summed E-state index contributed by atoms with van der Waals surface area (Å²) >= 11 is 1.25. The molecular weight excluding hydrogens is 402 g/mol. The molecule has 1 aromatic carbocycles. The highest BCUT2D eigenvalue weighted by atomic mass is 32.1. The van der Waals surface area contributed by atoms with Crippen LogP contribution in [0.4, 0.5) is 9.93 Å². The number of anilines is 1. The molecule has 8 nitrogen and oxygen atoms in total. The number of nitrogens with zero attached hydrogens (tertiary/aromatic N) is 3. The molecule has 0 spiro atoms. The van der Waals surface area contributed by atoms with E-state index in [1.807, 2.05) is 30.3 Å². The molecule has 4 amide bonds. The highest BCUT2D eigenvalue weighted by Gasteiger charge is 2.60. The molecular formula is C21H21N5O3S. The monoisotopic (exact) mass is 423 g/mol. The number of amides is 4. The van der Waals surface area contributed by atoms with E-state index in [9.17, 15) is 14.4 Å². The largest absolute Gasteiger partial charge is 0.322 e. The predicted octanol–water partition coefficient (Wildman–Crippen LogP) is 2.34. The number of imide groups is 1. The first kappa shape index (κ1) is 18.9. The molecule has 2 aliphatic carbocycles. The summed E-state index contributed by atoms with van der Waals surface area (Å²) in [6, 6.07) is 8.99. The maximum absolute atomic E-state index is 13.2. The number of carbonyl (C=O) groups is 3. The van der Waals surface area contributed by atoms with Crippen molar-refractivity contribution < 1.29 is 14.4 Å². The number of nitrogens with one attached hydrogen (secondary N) is 2. The van der Waals surface area contributed by atoms with Crippen LogP contribution in [0.25, 0.3) is 0 Å². The van der Waals surface area contributed by atoms with Gasteiger partial charge in [0.15, 0.2) is 0 Å². The number of aromatic nitrogens is 2. The molecule has 2 fully saturated rings. The second-order valence-electron chi connectivity index (χ2n) is 7.98. The Balaban J connectivity index is 1.39. The Morgan fingerprint density at radius 3 is 2.40 bits per heavy atom. The van der Waals surface area contributed by atoms with Gasteiger partial charge in [-0.25, -0.2) is 4.79 Å². The number of allylic oxidation sites excluding steroid dienone is 2. The summed E-state index contributed by atoms with van der Waals surface area (Å²) in [5.74, 6) is -0.735. The van der Waals surface area contributed by atoms with E-state index in [0.29, 0.717) is 11.6 Å². The molecule has 3 aliphatic rings. The molecule has 9 heteroatoms. The third-order valence-electron chi connectivity index (χ3n) is 6.13. The summed E-state index contributed by atoms with van der Waals surface area (Å²) < 4.78 is 0. The van der Waals surface area contributed by atoms with Crippen LogP contribution in [-0.4, -0.2) is 39.1 Å². The average molecular weight is 423 g/mol. The number of benzene rings is 1. The van der Waals surface area contributed by atoms with E-state index in [1.54, 1.807) is 6.92 Å². The van der Waals surface area contributed by atoms with Crippen molar-refractivity contribution in [2.75, 3.05) is 5.32 Å². The lowest BCUT2D eigenvalue weighted by molar-refractivity contribution is -0.143. The lowest BCUT2D eigenvalue weighted by Crippen LogP contribution is -2.53. The number of hydrogen-bond donors (Lipinski definition) is 2. The van der Waals surface area contributed by atoms with Crippen molar-refractivity contribution in [3.05, 3.63) is 53.1 Å². The van der Waals surface area contributed by atoms with Gasteiger partial charge in [-0.3, -0.25) is 19.8 Å². The van der Waals surface area contributed by atoms with Crippen molar-refractivity contribution in [3.63, 3.8) is 0 Å². The lowest BCUT2D eigenvalue weighted by atomic mass is 9.85. The number of rotatable bonds is 5. The van der Waals surface area contributed by atoms with Crippen LogP contribution in [0.2, 0.25) is 0 Å². The zero-order valence-corrected chi connectivity index (χ0v) is 17.1. The van der Waals surface area contributed by atoms with Gasteiger partial charge in [0.05, 0.1) is 11.8 Å². The molecule has 1 aromatic heterocycles. The standard InChI is InChI=1S/C21H21N5O3S/c1-11-24-25-21(30-11)23-20(29)22-15(9-12-5-3-2-4-6-12)26-18(27)16-13-7-8-14(10-13)17(16)19(26)28/h2-8,13-17H,9-10H2,1H3,(H2,22,23,25,29). The van der Waals surface area contributed by atoms with Crippen LogP contribution in [0.1, 0.15) is 17.0 Å². The number of likely N-dealkylation sites (tertiary alicyclic amines) is 1. The third-order valence-corrected chi connectivity index (χ3v) is 6.89. The second kappa shape index (κ2) is 7.32. The third kappa shape index (κ3) is 3.19. The molecule has 5 unspecified atom stereocenters. The summed E-state index contributed by atoms with van der Waals surface area (Å²) in [4.78, 5) is 40.4. The van der Waals surface area contributed by atoms with Gasteiger partial charge in [0.2, 0.25) is 16.9 Å². The summed E-state index contributed by atoms with van der Waals surface area (Å²) in [7, 11) is 0. The molecule has 5 rings (SSSR count). The summed E-state index contributed by atoms with van der Waals surface area (Å²) in [5.41, 5.74) is 0.924. The fraction of sp³-hybridized carbons (Fsp3) is 0.381. The van der Waals surface area contributed by atoms with Gasteiger partial charge in [-0.05, 0) is 30.7 Å². The molecule has 154 valence electrons. The molecule has 2 heterocycles. The fourth-order valence-corrected chi connectivity index (χ4v) is 5.50. The van der Waals surface area contributed by atoms with Gasteiger partial charge in [-0.2, -0.15) is 0 Å². The summed E-state index contributed by atoms with van der Waals surface area (Å²) in [5, 5.41) is 14.3. The van der Waals surface area contributed by atoms with Crippen LogP contribution in [0.15, 0.2) is 42.5 Å². The van der Waals surface area contributed by atoms with Crippen molar-refractivity contribution in [3.8, 4) is 0 Å². The van der Waals surface area contributed by atoms with Crippen LogP contribution in [0.3, 0.4) is 0 Å². The normalized spacial score (nSPS) is 27.4. The Bertz CT molecular complexity index is 1010. The minimum Gasteiger partial charge on any atom is -0.317 e. The molecule has 30 heavy (non-hydrogen) atoms. The predicted molar refractivity (Wildman–Crippen MR) is 110 cm³/mol. The topological polar surface area (TPSA) is 104 Å². The highest BCUT2D eigenvalue weighted by molar-refractivity contribution is 7.15. The lowest BCUT2D eigenvalue weighted by Gasteiger charge is -2.28. The molecule has 2 bridgehead atoms. The Labute approximate surface area is 177 Å². The zero-order chi connectivity index (χ0) is 20.8. The molecule has 1 saturated heterocycles. The van der Waals surface area contributed by atoms with Gasteiger partial charge in [-0.1, -0.05) is 53.8 Å². The van der Waals surface area contributed by atoms with Crippen molar-refractivity contribution in [2.45, 2.75) is 25.9 Å². The smallest absolute Gasteiger partial charge is 0.317 e. The van der Waals surface area contributed by atoms with E-state index in [2.05, 4.69) is 33.0 Å². The zero-order valence-electron chi connectivity index (χ0n) is 16.3. The quantitative estimate of drug-likeness (QED) is 0.567. The Hall–Kier alpha value is -3.07. The Kier molecular flexibility index (Phi) is 4.62. The highest BCUT2D eigenvalue weighted by Crippen LogP contribution is 2.52. The Morgan fingerprint density at radius 2 is 1.80 bits per heavy atom. The van der Waals surface area contributed by atoms with Crippen molar-refractivity contribution in [2.24, 2.45) is 23.7 Å². The first-order valence-corrected chi connectivity index (χ1v) is 10.8. The van der Waals surface area contributed by atoms with Crippen LogP contribution < -0.4 is 10.6 Å².